The highest BCUT2D eigenvalue weighted by molar-refractivity contribution is 7.88. The van der Waals surface area contributed by atoms with Gasteiger partial charge in [0, 0.05) is 25.2 Å². The molecule has 0 aliphatic carbocycles. The molecule has 126 valence electrons. The number of nitrogens with one attached hydrogen (secondary N) is 1. The fraction of sp³-hybridized carbons (Fsp3) is 0.533. The van der Waals surface area contributed by atoms with E-state index in [1.807, 2.05) is 0 Å². The highest BCUT2D eigenvalue weighted by Gasteiger charge is 2.25. The number of carbonyl (C=O) groups is 1. The fourth-order valence-corrected chi connectivity index (χ4v) is 3.70. The van der Waals surface area contributed by atoms with Crippen LogP contribution in [0.15, 0.2) is 18.2 Å². The molecule has 1 amide bonds. The monoisotopic (exact) mass is 340 g/mol. The van der Waals surface area contributed by atoms with Crippen molar-refractivity contribution in [2.45, 2.75) is 12.8 Å². The second-order valence-electron chi connectivity index (χ2n) is 5.88. The summed E-state index contributed by atoms with van der Waals surface area (Å²) in [6, 6.07) is 5.10. The predicted octanol–water partition coefficient (Wildman–Crippen LogP) is 0.817. The van der Waals surface area contributed by atoms with E-state index in [1.54, 1.807) is 18.2 Å². The van der Waals surface area contributed by atoms with Crippen molar-refractivity contribution in [1.82, 2.24) is 9.62 Å². The van der Waals surface area contributed by atoms with Crippen LogP contribution in [0.4, 0.5) is 0 Å². The molecule has 3 rings (SSSR count). The molecule has 1 fully saturated rings. The van der Waals surface area contributed by atoms with Crippen LogP contribution in [-0.2, 0) is 10.0 Å². The molecule has 0 aromatic heterocycles. The summed E-state index contributed by atoms with van der Waals surface area (Å²) in [5.74, 6) is 1.37. The maximum absolute atomic E-state index is 12.2. The third kappa shape index (κ3) is 3.76. The summed E-state index contributed by atoms with van der Waals surface area (Å²) in [6.07, 6.45) is 2.75. The maximum Gasteiger partial charge on any atom is 0.251 e. The molecule has 0 bridgehead atoms. The number of sulfonamides is 1. The van der Waals surface area contributed by atoms with Crippen molar-refractivity contribution in [3.63, 3.8) is 0 Å². The first-order chi connectivity index (χ1) is 10.9. The van der Waals surface area contributed by atoms with Crippen LogP contribution in [0.5, 0.6) is 11.5 Å². The van der Waals surface area contributed by atoms with Crippen LogP contribution < -0.4 is 14.8 Å². The van der Waals surface area contributed by atoms with E-state index in [0.717, 1.165) is 12.8 Å². The highest BCUT2D eigenvalue weighted by Crippen LogP contribution is 2.32. The van der Waals surface area contributed by atoms with E-state index < -0.39 is 10.0 Å². The molecule has 23 heavy (non-hydrogen) atoms. The Hall–Kier alpha value is -1.80. The van der Waals surface area contributed by atoms with Gasteiger partial charge in [-0.15, -0.1) is 0 Å². The maximum atomic E-state index is 12.2. The number of rotatable bonds is 4. The number of ether oxygens (including phenoxy) is 2. The molecule has 8 heteroatoms. The molecule has 2 heterocycles. The highest BCUT2D eigenvalue weighted by atomic mass is 32.2. The smallest absolute Gasteiger partial charge is 0.251 e. The first kappa shape index (κ1) is 16.1. The summed E-state index contributed by atoms with van der Waals surface area (Å²) in [5, 5.41) is 2.91. The van der Waals surface area contributed by atoms with Crippen LogP contribution >= 0.6 is 0 Å². The van der Waals surface area contributed by atoms with Crippen LogP contribution in [0, 0.1) is 5.92 Å². The van der Waals surface area contributed by atoms with Gasteiger partial charge in [-0.25, -0.2) is 12.7 Å². The van der Waals surface area contributed by atoms with Crippen LogP contribution in [0.1, 0.15) is 23.2 Å². The van der Waals surface area contributed by atoms with Crippen molar-refractivity contribution in [2.75, 3.05) is 32.7 Å². The van der Waals surface area contributed by atoms with Crippen LogP contribution in [-0.4, -0.2) is 51.3 Å². The Labute approximate surface area is 135 Å². The lowest BCUT2D eigenvalue weighted by Crippen LogP contribution is -2.41. The number of nitrogens with zero attached hydrogens (tertiary/aromatic N) is 1. The molecule has 1 N–H and O–H groups in total. The quantitative estimate of drug-likeness (QED) is 0.877. The first-order valence-electron chi connectivity index (χ1n) is 7.56. The second-order valence-corrected chi connectivity index (χ2v) is 7.87. The van der Waals surface area contributed by atoms with Gasteiger partial charge in [0.1, 0.15) is 0 Å². The van der Waals surface area contributed by atoms with Crippen LogP contribution in [0.3, 0.4) is 0 Å². The SMILES string of the molecule is CS(=O)(=O)N1CCC(CNC(=O)c2ccc3c(c2)OCO3)CC1. The van der Waals surface area contributed by atoms with Crippen molar-refractivity contribution in [1.29, 1.82) is 0 Å². The van der Waals surface area contributed by atoms with Gasteiger partial charge in [0.2, 0.25) is 16.8 Å². The largest absolute Gasteiger partial charge is 0.454 e. The average molecular weight is 340 g/mol. The molecule has 1 aromatic carbocycles. The number of piperidine rings is 1. The van der Waals surface area contributed by atoms with Gasteiger partial charge < -0.3 is 14.8 Å². The predicted molar refractivity (Wildman–Crippen MR) is 84.0 cm³/mol. The van der Waals surface area contributed by atoms with Crippen LogP contribution in [0.2, 0.25) is 0 Å². The molecule has 2 aliphatic rings. The van der Waals surface area contributed by atoms with E-state index in [1.165, 1.54) is 10.6 Å². The van der Waals surface area contributed by atoms with Crippen molar-refractivity contribution >= 4 is 15.9 Å². The van der Waals surface area contributed by atoms with E-state index in [9.17, 15) is 13.2 Å². The van der Waals surface area contributed by atoms with Gasteiger partial charge in [-0.05, 0) is 37.0 Å². The topological polar surface area (TPSA) is 84.9 Å². The van der Waals surface area contributed by atoms with Gasteiger partial charge in [0.15, 0.2) is 11.5 Å². The van der Waals surface area contributed by atoms with E-state index in [-0.39, 0.29) is 12.7 Å². The molecule has 0 atom stereocenters. The molecule has 1 saturated heterocycles. The standard InChI is InChI=1S/C15H20N2O5S/c1-23(19,20)17-6-4-11(5-7-17)9-16-15(18)12-2-3-13-14(8-12)22-10-21-13/h2-3,8,11H,4-7,9-10H2,1H3,(H,16,18). The number of benzene rings is 1. The molecule has 0 unspecified atom stereocenters. The normalized spacial score (nSPS) is 18.8. The van der Waals surface area contributed by atoms with Gasteiger partial charge in [0.25, 0.3) is 5.91 Å². The molecule has 0 saturated carbocycles. The minimum absolute atomic E-state index is 0.158. The Morgan fingerprint density at radius 2 is 1.96 bits per heavy atom. The molecular formula is C15H20N2O5S. The number of fused-ring (bicyclic) bond motifs is 1. The van der Waals surface area contributed by atoms with Crippen molar-refractivity contribution < 1.29 is 22.7 Å². The average Bonchev–Trinajstić information content (AvgIpc) is 2.99. The summed E-state index contributed by atoms with van der Waals surface area (Å²) in [5.41, 5.74) is 0.530. The zero-order chi connectivity index (χ0) is 16.4. The van der Waals surface area contributed by atoms with Crippen molar-refractivity contribution in [2.24, 2.45) is 5.92 Å². The molecular weight excluding hydrogens is 320 g/mol. The lowest BCUT2D eigenvalue weighted by molar-refractivity contribution is 0.0941. The second kappa shape index (κ2) is 6.37. The zero-order valence-corrected chi connectivity index (χ0v) is 13.8. The van der Waals surface area contributed by atoms with E-state index in [2.05, 4.69) is 5.32 Å². The molecule has 1 aromatic rings. The Bertz CT molecular complexity index is 696. The van der Waals surface area contributed by atoms with Crippen LogP contribution in [0.25, 0.3) is 0 Å². The third-order valence-electron chi connectivity index (χ3n) is 4.23. The van der Waals surface area contributed by atoms with E-state index in [4.69, 9.17) is 9.47 Å². The van der Waals surface area contributed by atoms with E-state index in [0.29, 0.717) is 42.6 Å². The molecule has 0 spiro atoms. The fourth-order valence-electron chi connectivity index (χ4n) is 2.82. The molecule has 0 radical (unpaired) electrons. The summed E-state index contributed by atoms with van der Waals surface area (Å²) in [4.78, 5) is 12.2. The minimum Gasteiger partial charge on any atom is -0.454 e. The number of carbonyl (C=O) groups excluding carboxylic acids is 1. The third-order valence-corrected chi connectivity index (χ3v) is 5.53. The van der Waals surface area contributed by atoms with Gasteiger partial charge in [-0.3, -0.25) is 4.79 Å². The number of hydrogen-bond acceptors (Lipinski definition) is 5. The Balaban J connectivity index is 1.50. The number of amides is 1. The minimum atomic E-state index is -3.11. The summed E-state index contributed by atoms with van der Waals surface area (Å²) in [6.45, 7) is 1.76. The van der Waals surface area contributed by atoms with E-state index >= 15 is 0 Å². The number of hydrogen-bond donors (Lipinski definition) is 1. The van der Waals surface area contributed by atoms with Crippen molar-refractivity contribution in [3.8, 4) is 11.5 Å². The Morgan fingerprint density at radius 3 is 2.65 bits per heavy atom. The van der Waals surface area contributed by atoms with Gasteiger partial charge >= 0.3 is 0 Å². The molecule has 2 aliphatic heterocycles. The van der Waals surface area contributed by atoms with Gasteiger partial charge in [-0.1, -0.05) is 0 Å². The van der Waals surface area contributed by atoms with Gasteiger partial charge in [-0.2, -0.15) is 0 Å². The summed E-state index contributed by atoms with van der Waals surface area (Å²) >= 11 is 0. The first-order valence-corrected chi connectivity index (χ1v) is 9.41. The zero-order valence-electron chi connectivity index (χ0n) is 12.9. The van der Waals surface area contributed by atoms with Crippen molar-refractivity contribution in [3.05, 3.63) is 23.8 Å². The summed E-state index contributed by atoms with van der Waals surface area (Å²) < 4.78 is 34.9. The Kier molecular flexibility index (Phi) is 4.45. The molecule has 7 nitrogen and oxygen atoms in total. The summed E-state index contributed by atoms with van der Waals surface area (Å²) in [7, 11) is -3.11. The lowest BCUT2D eigenvalue weighted by atomic mass is 9.98. The van der Waals surface area contributed by atoms with Gasteiger partial charge in [0.05, 0.1) is 6.26 Å². The lowest BCUT2D eigenvalue weighted by Gasteiger charge is -2.30. The Morgan fingerprint density at radius 1 is 1.26 bits per heavy atom.